The van der Waals surface area contributed by atoms with Gasteiger partial charge in [0.25, 0.3) is 0 Å². The van der Waals surface area contributed by atoms with Crippen LogP contribution in [-0.2, 0) is 4.74 Å². The van der Waals surface area contributed by atoms with Crippen molar-refractivity contribution in [2.45, 2.75) is 33.6 Å². The number of nitriles is 1. The Kier molecular flexibility index (Phi) is 5.27. The van der Waals surface area contributed by atoms with Crippen LogP contribution < -0.4 is 0 Å². The van der Waals surface area contributed by atoms with Crippen LogP contribution in [0.25, 0.3) is 0 Å². The first-order valence-corrected chi connectivity index (χ1v) is 6.41. The van der Waals surface area contributed by atoms with Crippen molar-refractivity contribution in [1.29, 1.82) is 5.26 Å². The van der Waals surface area contributed by atoms with E-state index in [1.807, 2.05) is 6.92 Å². The van der Waals surface area contributed by atoms with Gasteiger partial charge in [0.1, 0.15) is 0 Å². The second-order valence-corrected chi connectivity index (χ2v) is 4.99. The van der Waals surface area contributed by atoms with Crippen LogP contribution in [0.5, 0.6) is 0 Å². The summed E-state index contributed by atoms with van der Waals surface area (Å²) in [5.41, 5.74) is 0. The molecule has 96 valence electrons. The fraction of sp³-hybridized carbons (Fsp3) is 0.846. The van der Waals surface area contributed by atoms with Crippen LogP contribution in [0.3, 0.4) is 0 Å². The predicted octanol–water partition coefficient (Wildman–Crippen LogP) is 2.65. The number of likely N-dealkylation sites (tertiary alicyclic amines) is 1. The molecule has 2 unspecified atom stereocenters. The highest BCUT2D eigenvalue weighted by Crippen LogP contribution is 2.29. The van der Waals surface area contributed by atoms with Gasteiger partial charge in [0, 0.05) is 13.1 Å². The summed E-state index contributed by atoms with van der Waals surface area (Å²) in [5.74, 6) is 0.759. The molecule has 1 heterocycles. The zero-order chi connectivity index (χ0) is 12.8. The number of nitrogens with zero attached hydrogens (tertiary/aromatic N) is 2. The third kappa shape index (κ3) is 3.62. The van der Waals surface area contributed by atoms with Crippen molar-refractivity contribution in [2.75, 3.05) is 19.7 Å². The highest BCUT2D eigenvalue weighted by atomic mass is 16.6. The van der Waals surface area contributed by atoms with Gasteiger partial charge in [-0.1, -0.05) is 20.8 Å². The molecule has 0 aromatic rings. The van der Waals surface area contributed by atoms with Crippen LogP contribution in [0.4, 0.5) is 4.79 Å². The van der Waals surface area contributed by atoms with E-state index >= 15 is 0 Å². The zero-order valence-electron chi connectivity index (χ0n) is 11.0. The average Bonchev–Trinajstić information content (AvgIpc) is 2.34. The SMILES string of the molecule is CCCOC(=O)N1CCC(C#N)C(C(C)C)C1. The number of hydrogen-bond acceptors (Lipinski definition) is 3. The van der Waals surface area contributed by atoms with E-state index in [9.17, 15) is 4.79 Å². The van der Waals surface area contributed by atoms with Crippen molar-refractivity contribution >= 4 is 6.09 Å². The molecule has 4 nitrogen and oxygen atoms in total. The molecule has 1 aliphatic rings. The Hall–Kier alpha value is -1.24. The quantitative estimate of drug-likeness (QED) is 0.759. The maximum absolute atomic E-state index is 11.7. The number of rotatable bonds is 3. The Morgan fingerprint density at radius 3 is 2.82 bits per heavy atom. The predicted molar refractivity (Wildman–Crippen MR) is 65.3 cm³/mol. The molecule has 1 saturated heterocycles. The smallest absolute Gasteiger partial charge is 0.409 e. The molecule has 0 bridgehead atoms. The topological polar surface area (TPSA) is 53.3 Å². The van der Waals surface area contributed by atoms with E-state index in [0.29, 0.717) is 25.6 Å². The minimum Gasteiger partial charge on any atom is -0.449 e. The normalized spacial score (nSPS) is 24.5. The molecule has 0 aliphatic carbocycles. The van der Waals surface area contributed by atoms with Crippen LogP contribution in [0, 0.1) is 29.1 Å². The molecule has 2 atom stereocenters. The number of hydrogen-bond donors (Lipinski definition) is 0. The molecule has 0 saturated carbocycles. The summed E-state index contributed by atoms with van der Waals surface area (Å²) < 4.78 is 5.13. The van der Waals surface area contributed by atoms with Gasteiger partial charge in [0.05, 0.1) is 18.6 Å². The van der Waals surface area contributed by atoms with E-state index in [0.717, 1.165) is 12.8 Å². The van der Waals surface area contributed by atoms with Gasteiger partial charge in [-0.3, -0.25) is 0 Å². The summed E-state index contributed by atoms with van der Waals surface area (Å²) in [6.07, 6.45) is 1.38. The Balaban J connectivity index is 2.56. The summed E-state index contributed by atoms with van der Waals surface area (Å²) in [7, 11) is 0. The van der Waals surface area contributed by atoms with Gasteiger partial charge in [0.15, 0.2) is 0 Å². The molecule has 1 rings (SSSR count). The van der Waals surface area contributed by atoms with E-state index in [-0.39, 0.29) is 17.9 Å². The largest absolute Gasteiger partial charge is 0.449 e. The van der Waals surface area contributed by atoms with Gasteiger partial charge in [-0.25, -0.2) is 4.79 Å². The van der Waals surface area contributed by atoms with Crippen molar-refractivity contribution in [3.05, 3.63) is 0 Å². The molecule has 17 heavy (non-hydrogen) atoms. The second kappa shape index (κ2) is 6.48. The maximum Gasteiger partial charge on any atom is 0.409 e. The molecule has 4 heteroatoms. The Bertz CT molecular complexity index is 296. The third-order valence-electron chi connectivity index (χ3n) is 3.37. The van der Waals surface area contributed by atoms with Crippen molar-refractivity contribution in [2.24, 2.45) is 17.8 Å². The van der Waals surface area contributed by atoms with Crippen LogP contribution in [0.1, 0.15) is 33.6 Å². The van der Waals surface area contributed by atoms with Crippen molar-refractivity contribution < 1.29 is 9.53 Å². The number of piperidine rings is 1. The van der Waals surface area contributed by atoms with Gasteiger partial charge in [0.2, 0.25) is 0 Å². The maximum atomic E-state index is 11.7. The summed E-state index contributed by atoms with van der Waals surface area (Å²) in [6.45, 7) is 7.96. The van der Waals surface area contributed by atoms with Crippen LogP contribution in [0.15, 0.2) is 0 Å². The molecule has 0 aromatic heterocycles. The van der Waals surface area contributed by atoms with Gasteiger partial charge < -0.3 is 9.64 Å². The number of ether oxygens (including phenoxy) is 1. The first-order valence-electron chi connectivity index (χ1n) is 6.41. The van der Waals surface area contributed by atoms with E-state index in [1.54, 1.807) is 4.90 Å². The Morgan fingerprint density at radius 2 is 2.29 bits per heavy atom. The van der Waals surface area contributed by atoms with Gasteiger partial charge >= 0.3 is 6.09 Å². The number of carbonyl (C=O) groups is 1. The molecule has 0 radical (unpaired) electrons. The van der Waals surface area contributed by atoms with Gasteiger partial charge in [-0.05, 0) is 24.7 Å². The van der Waals surface area contributed by atoms with Crippen molar-refractivity contribution in [3.8, 4) is 6.07 Å². The average molecular weight is 238 g/mol. The molecule has 1 aliphatic heterocycles. The monoisotopic (exact) mass is 238 g/mol. The molecule has 0 N–H and O–H groups in total. The van der Waals surface area contributed by atoms with E-state index in [1.165, 1.54) is 0 Å². The van der Waals surface area contributed by atoms with Gasteiger partial charge in [-0.2, -0.15) is 5.26 Å². The third-order valence-corrected chi connectivity index (χ3v) is 3.37. The second-order valence-electron chi connectivity index (χ2n) is 4.99. The Morgan fingerprint density at radius 1 is 1.59 bits per heavy atom. The standard InChI is InChI=1S/C13H22N2O2/c1-4-7-17-13(16)15-6-5-11(8-14)12(9-15)10(2)3/h10-12H,4-7,9H2,1-3H3. The Labute approximate surface area is 104 Å². The molecule has 1 amide bonds. The number of carbonyl (C=O) groups excluding carboxylic acids is 1. The van der Waals surface area contributed by atoms with Crippen LogP contribution >= 0.6 is 0 Å². The zero-order valence-corrected chi connectivity index (χ0v) is 11.0. The van der Waals surface area contributed by atoms with Crippen molar-refractivity contribution in [3.63, 3.8) is 0 Å². The van der Waals surface area contributed by atoms with Crippen LogP contribution in [-0.4, -0.2) is 30.7 Å². The molecule has 0 spiro atoms. The summed E-state index contributed by atoms with van der Waals surface area (Å²) in [4.78, 5) is 13.5. The highest BCUT2D eigenvalue weighted by molar-refractivity contribution is 5.67. The molecule has 1 fully saturated rings. The summed E-state index contributed by atoms with van der Waals surface area (Å²) in [6, 6.07) is 2.36. The van der Waals surface area contributed by atoms with E-state index < -0.39 is 0 Å². The van der Waals surface area contributed by atoms with E-state index in [4.69, 9.17) is 10.00 Å². The lowest BCUT2D eigenvalue weighted by atomic mass is 9.79. The minimum absolute atomic E-state index is 0.0743. The lowest BCUT2D eigenvalue weighted by Crippen LogP contribution is -2.45. The first-order chi connectivity index (χ1) is 8.10. The number of amides is 1. The van der Waals surface area contributed by atoms with Crippen molar-refractivity contribution in [1.82, 2.24) is 4.90 Å². The van der Waals surface area contributed by atoms with E-state index in [2.05, 4.69) is 19.9 Å². The molecular weight excluding hydrogens is 216 g/mol. The first kappa shape index (κ1) is 13.8. The lowest BCUT2D eigenvalue weighted by molar-refractivity contribution is 0.0673. The van der Waals surface area contributed by atoms with Gasteiger partial charge in [-0.15, -0.1) is 0 Å². The molecule has 0 aromatic carbocycles. The lowest BCUT2D eigenvalue weighted by Gasteiger charge is -2.37. The van der Waals surface area contributed by atoms with Crippen LogP contribution in [0.2, 0.25) is 0 Å². The summed E-state index contributed by atoms with van der Waals surface area (Å²) in [5, 5.41) is 9.09. The summed E-state index contributed by atoms with van der Waals surface area (Å²) >= 11 is 0. The fourth-order valence-corrected chi connectivity index (χ4v) is 2.26. The fourth-order valence-electron chi connectivity index (χ4n) is 2.26. The highest BCUT2D eigenvalue weighted by Gasteiger charge is 2.33. The minimum atomic E-state index is -0.228. The molecular formula is C13H22N2O2.